The molecule has 496 valence electrons. The van der Waals surface area contributed by atoms with Crippen LogP contribution in [-0.2, 0) is 57.4 Å². The molecule has 1 aromatic carbocycles. The van der Waals surface area contributed by atoms with Crippen LogP contribution in [-0.4, -0.2) is 218 Å². The van der Waals surface area contributed by atoms with Crippen molar-refractivity contribution in [3.05, 3.63) is 44.6 Å². The Kier molecular flexibility index (Phi) is 20.4. The van der Waals surface area contributed by atoms with Crippen molar-refractivity contribution in [2.45, 2.75) is 195 Å². The summed E-state index contributed by atoms with van der Waals surface area (Å²) in [4.78, 5) is 199. The first-order valence-corrected chi connectivity index (χ1v) is 30.5. The second kappa shape index (κ2) is 26.6. The summed E-state index contributed by atoms with van der Waals surface area (Å²) in [6.45, 7) is 17.9. The Balaban J connectivity index is 0.0000118. The van der Waals surface area contributed by atoms with Gasteiger partial charge in [-0.15, -0.1) is 0 Å². The molecule has 10 unspecified atom stereocenters. The lowest BCUT2D eigenvalue weighted by molar-refractivity contribution is -0.179. The minimum atomic E-state index is -1.88. The van der Waals surface area contributed by atoms with Gasteiger partial charge in [-0.1, -0.05) is 34.3 Å². The van der Waals surface area contributed by atoms with Crippen LogP contribution in [0.5, 0.6) is 0 Å². The molecule has 8 rings (SSSR count). The number of carbonyl (C=O) groups is 12. The Bertz CT molecular complexity index is 3510. The van der Waals surface area contributed by atoms with Crippen molar-refractivity contribution in [2.24, 2.45) is 11.8 Å². The fourth-order valence-corrected chi connectivity index (χ4v) is 12.9. The van der Waals surface area contributed by atoms with E-state index in [9.17, 15) is 52.7 Å². The van der Waals surface area contributed by atoms with Crippen LogP contribution < -0.4 is 32.4 Å². The van der Waals surface area contributed by atoms with Gasteiger partial charge in [0, 0.05) is 76.7 Å². The third kappa shape index (κ3) is 13.5. The summed E-state index contributed by atoms with van der Waals surface area (Å²) >= 11 is 0. The number of benzene rings is 2. The average Bonchev–Trinajstić information content (AvgIpc) is 1.28. The zero-order chi connectivity index (χ0) is 66.7. The zero-order valence-electron chi connectivity index (χ0n) is 53.8. The Morgan fingerprint density at radius 2 is 1.18 bits per heavy atom. The summed E-state index contributed by atoms with van der Waals surface area (Å²) in [6.07, 6.45) is -1.29. The number of carbonyl (C=O) groups excluding carboxylic acids is 12. The molecule has 1 aromatic rings. The second-order valence-electron chi connectivity index (χ2n) is 26.2. The third-order valence-electron chi connectivity index (χ3n) is 18.4. The quantitative estimate of drug-likeness (QED) is 0.137. The van der Waals surface area contributed by atoms with E-state index in [2.05, 4.69) is 21.3 Å². The van der Waals surface area contributed by atoms with Gasteiger partial charge in [-0.05, 0) is 106 Å². The van der Waals surface area contributed by atoms with Crippen LogP contribution in [0.2, 0.25) is 0 Å². The molecule has 6 aliphatic heterocycles. The number of aromatic nitrogens is 1. The van der Waals surface area contributed by atoms with Crippen molar-refractivity contribution in [3.8, 4) is 11.5 Å². The monoisotopic (exact) mass is 1270 g/mol. The highest BCUT2D eigenvalue weighted by atomic mass is 16.6. The lowest BCUT2D eigenvalue weighted by atomic mass is 9.81. The zero-order valence-corrected chi connectivity index (χ0v) is 53.8. The number of esters is 2. The van der Waals surface area contributed by atoms with Gasteiger partial charge in [0.2, 0.25) is 52.7 Å². The van der Waals surface area contributed by atoms with E-state index < -0.39 is 177 Å². The predicted octanol–water partition coefficient (Wildman–Crippen LogP) is 1.40. The number of hydrogen-bond acceptors (Lipinski definition) is 18. The standard InChI is InChI=1S/C62H84N12O16.CH4/c1-28(2)48-57(84)88-34(8)45(56(83)68-62(11,12)60(87)72-22-16-18-35(72)24-38(75)69(13)26-40(77)71(48)15)66-54(81)42-43(63)50(79)31(5)52-47(42)64-46-37(21-20-29(3)51(46)90-52)53(80)65-44-33(7)89-58(85)49-30(4)32(6)74(49)41(78)27-70(14)39(76)25-36-19-17-23-73(36)59(86)61(9,10)67-55(44)82;/h20-21,28,30,32-36,44-45,48-49H,16-19,22-27,63H2,1-15H3,(H,65,80)(H,66,81)(H,67,82)(H,68,83);1H4. The van der Waals surface area contributed by atoms with Crippen LogP contribution in [0.1, 0.15) is 147 Å². The molecule has 0 radical (unpaired) electrons. The highest BCUT2D eigenvalue weighted by Crippen LogP contribution is 2.37. The highest BCUT2D eigenvalue weighted by Gasteiger charge is 2.53. The lowest BCUT2D eigenvalue weighted by Crippen LogP contribution is -2.69. The maximum Gasteiger partial charge on any atom is 0.329 e. The van der Waals surface area contributed by atoms with Crippen molar-refractivity contribution in [2.75, 3.05) is 53.1 Å². The number of fused-ring (bicyclic) bond motifs is 5. The average molecular weight is 1270 g/mol. The molecular formula is C63H88N12O16. The third-order valence-corrected chi connectivity index (χ3v) is 18.4. The van der Waals surface area contributed by atoms with Gasteiger partial charge in [-0.2, -0.15) is 0 Å². The number of rotatable bonds is 5. The van der Waals surface area contributed by atoms with Gasteiger partial charge in [0.25, 0.3) is 11.8 Å². The maximum absolute atomic E-state index is 15.2. The van der Waals surface area contributed by atoms with E-state index in [-0.39, 0.29) is 67.9 Å². The second-order valence-corrected chi connectivity index (χ2v) is 26.2. The van der Waals surface area contributed by atoms with E-state index in [1.807, 2.05) is 0 Å². The van der Waals surface area contributed by atoms with Gasteiger partial charge in [0.15, 0.2) is 11.3 Å². The molecule has 91 heavy (non-hydrogen) atoms. The summed E-state index contributed by atoms with van der Waals surface area (Å²) in [6, 6.07) is -4.82. The Labute approximate surface area is 528 Å². The number of ether oxygens (including phenoxy) is 2. The number of nitrogens with one attached hydrogen (secondary N) is 4. The topological polar surface area (TPSA) is 360 Å². The highest BCUT2D eigenvalue weighted by molar-refractivity contribution is 6.10. The molecule has 28 nitrogen and oxygen atoms in total. The molecule has 10 atom stereocenters. The van der Waals surface area contributed by atoms with Crippen LogP contribution in [0.4, 0.5) is 5.69 Å². The first-order chi connectivity index (χ1) is 42.0. The van der Waals surface area contributed by atoms with E-state index in [0.717, 1.165) is 4.90 Å². The first kappa shape index (κ1) is 69.7. The smallest absolute Gasteiger partial charge is 0.329 e. The molecule has 1 aliphatic carbocycles. The SMILES string of the molecule is C.Cc1c2oc3c(C)ccc(C(=O)NC4C(=O)NC(C)(C)C(=O)N5CCCC5CC(=O)N(C)CC(=O)N5C(C)C(C)C5C(=O)OC4C)c3nc-2c(C(=O)NC2C(=O)NC(C)(C)C(=O)N3CCCC3CC(=O)N(C)CC(=O)N(C)C(C(C)C)C(=O)OC2C)c(N)c1=O. The maximum atomic E-state index is 15.2. The first-order valence-electron chi connectivity index (χ1n) is 30.5. The van der Waals surface area contributed by atoms with Gasteiger partial charge < -0.3 is 70.3 Å². The number of nitrogens with two attached hydrogens (primary N) is 1. The summed E-state index contributed by atoms with van der Waals surface area (Å²) < 4.78 is 18.3. The molecule has 7 aliphatic rings. The van der Waals surface area contributed by atoms with E-state index in [1.54, 1.807) is 34.6 Å². The number of hydrogen-bond donors (Lipinski definition) is 5. The number of anilines is 1. The van der Waals surface area contributed by atoms with Gasteiger partial charge in [0.1, 0.15) is 58.7 Å². The Morgan fingerprint density at radius 3 is 1.68 bits per heavy atom. The van der Waals surface area contributed by atoms with E-state index in [0.29, 0.717) is 31.2 Å². The molecule has 0 aromatic heterocycles. The molecule has 6 N–H and O–H groups in total. The van der Waals surface area contributed by atoms with Gasteiger partial charge in [-0.3, -0.25) is 52.7 Å². The number of amides is 10. The van der Waals surface area contributed by atoms with Gasteiger partial charge >= 0.3 is 11.9 Å². The van der Waals surface area contributed by atoms with Crippen molar-refractivity contribution in [1.29, 1.82) is 0 Å². The predicted molar refractivity (Wildman–Crippen MR) is 330 cm³/mol. The lowest BCUT2D eigenvalue weighted by Gasteiger charge is -2.51. The fraction of sp³-hybridized carbons (Fsp3) is 0.619. The molecule has 0 spiro atoms. The molecule has 5 saturated heterocycles. The number of aryl methyl sites for hydroxylation is 1. The van der Waals surface area contributed by atoms with E-state index in [4.69, 9.17) is 24.6 Å². The normalized spacial score (nSPS) is 27.6. The molecular weight excluding hydrogens is 1180 g/mol. The van der Waals surface area contributed by atoms with Crippen molar-refractivity contribution in [1.82, 2.24) is 55.7 Å². The Morgan fingerprint density at radius 1 is 0.692 bits per heavy atom. The number of nitrogens with zero attached hydrogens (tertiary/aromatic N) is 7. The minimum Gasteiger partial charge on any atom is -0.458 e. The molecule has 6 heterocycles. The van der Waals surface area contributed by atoms with Crippen molar-refractivity contribution < 1.29 is 71.4 Å². The van der Waals surface area contributed by atoms with Crippen LogP contribution in [0.3, 0.4) is 0 Å². The molecule has 0 saturated carbocycles. The largest absolute Gasteiger partial charge is 0.458 e. The molecule has 0 bridgehead atoms. The fourth-order valence-electron chi connectivity index (χ4n) is 12.9. The number of likely N-dealkylation sites (N-methyl/N-ethyl adjacent to an activating group) is 3. The summed E-state index contributed by atoms with van der Waals surface area (Å²) in [5.74, 6) is -10.5. The minimum absolute atomic E-state index is 0. The van der Waals surface area contributed by atoms with E-state index in [1.165, 1.54) is 106 Å². The van der Waals surface area contributed by atoms with Gasteiger partial charge in [0.05, 0.1) is 29.9 Å². The molecule has 5 fully saturated rings. The van der Waals surface area contributed by atoms with Gasteiger partial charge in [-0.25, -0.2) is 14.6 Å². The van der Waals surface area contributed by atoms with Crippen molar-refractivity contribution >= 4 is 87.8 Å². The summed E-state index contributed by atoms with van der Waals surface area (Å²) in [5.41, 5.74) is 0.229. The van der Waals surface area contributed by atoms with Crippen LogP contribution in [0.15, 0.2) is 21.3 Å². The van der Waals surface area contributed by atoms with Crippen LogP contribution in [0.25, 0.3) is 22.6 Å². The summed E-state index contributed by atoms with van der Waals surface area (Å²) in [5, 5.41) is 10.6. The summed E-state index contributed by atoms with van der Waals surface area (Å²) in [7, 11) is 4.28. The number of cyclic esters (lactones) is 2. The van der Waals surface area contributed by atoms with E-state index >= 15 is 9.59 Å². The Hall–Kier alpha value is -8.72. The van der Waals surface area contributed by atoms with Crippen LogP contribution >= 0.6 is 0 Å². The molecule has 10 amide bonds. The van der Waals surface area contributed by atoms with Crippen molar-refractivity contribution in [3.63, 3.8) is 0 Å². The number of nitrogen functional groups attached to an aromatic ring is 1. The molecule has 28 heteroatoms. The van der Waals surface area contributed by atoms with Crippen LogP contribution in [0, 0.1) is 25.7 Å².